The largest absolute Gasteiger partial charge is 0.487 e. The number of anilines is 1. The van der Waals surface area contributed by atoms with Gasteiger partial charge in [0.05, 0.1) is 5.69 Å². The Morgan fingerprint density at radius 2 is 2.06 bits per heavy atom. The van der Waals surface area contributed by atoms with Crippen molar-refractivity contribution in [3.05, 3.63) is 53.9 Å². The molecule has 0 aliphatic rings. The van der Waals surface area contributed by atoms with E-state index in [2.05, 4.69) is 4.98 Å². The molecule has 0 aliphatic heterocycles. The van der Waals surface area contributed by atoms with E-state index in [9.17, 15) is 0 Å². The Balaban J connectivity index is 2.08. The van der Waals surface area contributed by atoms with Crippen molar-refractivity contribution in [1.82, 2.24) is 4.98 Å². The molecule has 0 saturated carbocycles. The van der Waals surface area contributed by atoms with Crippen molar-refractivity contribution in [3.8, 4) is 5.75 Å². The summed E-state index contributed by atoms with van der Waals surface area (Å²) in [6.45, 7) is 2.41. The van der Waals surface area contributed by atoms with Gasteiger partial charge in [0.1, 0.15) is 12.4 Å². The van der Waals surface area contributed by atoms with Gasteiger partial charge in [0.15, 0.2) is 0 Å². The highest BCUT2D eigenvalue weighted by Crippen LogP contribution is 2.23. The number of nitrogens with zero attached hydrogens (tertiary/aromatic N) is 1. The van der Waals surface area contributed by atoms with Crippen LogP contribution in [0.25, 0.3) is 0 Å². The van der Waals surface area contributed by atoms with E-state index in [4.69, 9.17) is 10.5 Å². The Hall–Kier alpha value is -2.03. The Bertz CT molecular complexity index is 469. The predicted octanol–water partition coefficient (Wildman–Crippen LogP) is 2.55. The van der Waals surface area contributed by atoms with Crippen LogP contribution in [-0.4, -0.2) is 4.98 Å². The smallest absolute Gasteiger partial charge is 0.130 e. The number of hydrogen-bond donors (Lipinski definition) is 1. The van der Waals surface area contributed by atoms with Gasteiger partial charge in [-0.05, 0) is 31.2 Å². The summed E-state index contributed by atoms with van der Waals surface area (Å²) in [5.74, 6) is 0.811. The maximum absolute atomic E-state index is 5.79. The molecule has 0 amide bonds. The Kier molecular flexibility index (Phi) is 3.05. The van der Waals surface area contributed by atoms with Gasteiger partial charge in [0, 0.05) is 17.4 Å². The topological polar surface area (TPSA) is 48.1 Å². The lowest BCUT2D eigenvalue weighted by Gasteiger charge is -2.09. The fourth-order valence-electron chi connectivity index (χ4n) is 1.42. The third-order valence-corrected chi connectivity index (χ3v) is 2.43. The number of nitrogen functional groups attached to an aromatic ring is 1. The molecule has 0 radical (unpaired) electrons. The first kappa shape index (κ1) is 10.5. The summed E-state index contributed by atoms with van der Waals surface area (Å²) in [5, 5.41) is 0. The summed E-state index contributed by atoms with van der Waals surface area (Å²) >= 11 is 0. The van der Waals surface area contributed by atoms with E-state index in [0.29, 0.717) is 6.61 Å². The zero-order valence-electron chi connectivity index (χ0n) is 9.18. The molecule has 3 heteroatoms. The highest BCUT2D eigenvalue weighted by Gasteiger charge is 2.02. The summed E-state index contributed by atoms with van der Waals surface area (Å²) in [6.07, 6.45) is 1.75. The van der Waals surface area contributed by atoms with E-state index >= 15 is 0 Å². The molecule has 0 spiro atoms. The lowest BCUT2D eigenvalue weighted by Crippen LogP contribution is -2.00. The van der Waals surface area contributed by atoms with Crippen LogP contribution in [0.5, 0.6) is 5.75 Å². The van der Waals surface area contributed by atoms with Gasteiger partial charge in [-0.25, -0.2) is 0 Å². The summed E-state index contributed by atoms with van der Waals surface area (Å²) in [5.41, 5.74) is 8.42. The van der Waals surface area contributed by atoms with Crippen molar-refractivity contribution in [3.63, 3.8) is 0 Å². The Labute approximate surface area is 94.9 Å². The molecule has 0 unspecified atom stereocenters. The van der Waals surface area contributed by atoms with Crippen molar-refractivity contribution >= 4 is 5.69 Å². The summed E-state index contributed by atoms with van der Waals surface area (Å²) < 4.78 is 5.66. The molecule has 2 rings (SSSR count). The molecular weight excluding hydrogens is 200 g/mol. The molecule has 2 aromatic rings. The molecule has 1 aromatic carbocycles. The second-order valence-electron chi connectivity index (χ2n) is 3.58. The van der Waals surface area contributed by atoms with Gasteiger partial charge >= 0.3 is 0 Å². The van der Waals surface area contributed by atoms with Crippen LogP contribution in [0.15, 0.2) is 42.6 Å². The normalized spacial score (nSPS) is 10.1. The first-order valence-corrected chi connectivity index (χ1v) is 5.15. The van der Waals surface area contributed by atoms with E-state index < -0.39 is 0 Å². The molecular formula is C13H14N2O. The van der Waals surface area contributed by atoms with Gasteiger partial charge < -0.3 is 10.5 Å². The minimum Gasteiger partial charge on any atom is -0.487 e. The van der Waals surface area contributed by atoms with Crippen molar-refractivity contribution in [2.24, 2.45) is 0 Å². The molecule has 0 atom stereocenters. The lowest BCUT2D eigenvalue weighted by molar-refractivity contribution is 0.299. The average molecular weight is 214 g/mol. The third-order valence-electron chi connectivity index (χ3n) is 2.43. The second kappa shape index (κ2) is 4.66. The summed E-state index contributed by atoms with van der Waals surface area (Å²) in [7, 11) is 0. The van der Waals surface area contributed by atoms with Crippen LogP contribution in [0.1, 0.15) is 11.3 Å². The molecule has 0 fully saturated rings. The molecule has 0 aliphatic carbocycles. The maximum atomic E-state index is 5.79. The number of nitrogens with two attached hydrogens (primary N) is 1. The predicted molar refractivity (Wildman–Crippen MR) is 64.2 cm³/mol. The molecule has 3 nitrogen and oxygen atoms in total. The van der Waals surface area contributed by atoms with Crippen LogP contribution in [0.4, 0.5) is 5.69 Å². The first-order valence-electron chi connectivity index (χ1n) is 5.15. The number of rotatable bonds is 3. The van der Waals surface area contributed by atoms with E-state index in [-0.39, 0.29) is 0 Å². The number of ether oxygens (including phenoxy) is 1. The van der Waals surface area contributed by atoms with E-state index in [1.54, 1.807) is 6.20 Å². The van der Waals surface area contributed by atoms with Gasteiger partial charge in [0.2, 0.25) is 0 Å². The van der Waals surface area contributed by atoms with Gasteiger partial charge in [-0.15, -0.1) is 0 Å². The SMILES string of the molecule is Cc1c(N)cccc1OCc1ccccn1. The van der Waals surface area contributed by atoms with Crippen LogP contribution >= 0.6 is 0 Å². The van der Waals surface area contributed by atoms with Crippen molar-refractivity contribution in [2.45, 2.75) is 13.5 Å². The zero-order valence-corrected chi connectivity index (χ0v) is 9.18. The number of hydrogen-bond acceptors (Lipinski definition) is 3. The quantitative estimate of drug-likeness (QED) is 0.799. The number of pyridine rings is 1. The lowest BCUT2D eigenvalue weighted by atomic mass is 10.2. The first-order chi connectivity index (χ1) is 7.77. The van der Waals surface area contributed by atoms with Crippen molar-refractivity contribution in [2.75, 3.05) is 5.73 Å². The van der Waals surface area contributed by atoms with Gasteiger partial charge in [-0.2, -0.15) is 0 Å². The fraction of sp³-hybridized carbons (Fsp3) is 0.154. The number of aromatic nitrogens is 1. The summed E-state index contributed by atoms with van der Waals surface area (Å²) in [4.78, 5) is 4.19. The second-order valence-corrected chi connectivity index (χ2v) is 3.58. The van der Waals surface area contributed by atoms with E-state index in [0.717, 1.165) is 22.7 Å². The third kappa shape index (κ3) is 2.31. The van der Waals surface area contributed by atoms with E-state index in [1.807, 2.05) is 43.3 Å². The van der Waals surface area contributed by atoms with Crippen LogP contribution < -0.4 is 10.5 Å². The van der Waals surface area contributed by atoms with Crippen LogP contribution in [0.3, 0.4) is 0 Å². The number of benzene rings is 1. The van der Waals surface area contributed by atoms with Crippen LogP contribution in [0.2, 0.25) is 0 Å². The zero-order chi connectivity index (χ0) is 11.4. The molecule has 0 saturated heterocycles. The fourth-order valence-corrected chi connectivity index (χ4v) is 1.42. The van der Waals surface area contributed by atoms with Gasteiger partial charge in [-0.3, -0.25) is 4.98 Å². The standard InChI is InChI=1S/C13H14N2O/c1-10-12(14)6-4-7-13(10)16-9-11-5-2-3-8-15-11/h2-8H,9,14H2,1H3. The van der Waals surface area contributed by atoms with Crippen molar-refractivity contribution in [1.29, 1.82) is 0 Å². The van der Waals surface area contributed by atoms with Gasteiger partial charge in [0.25, 0.3) is 0 Å². The molecule has 1 aromatic heterocycles. The van der Waals surface area contributed by atoms with E-state index in [1.165, 1.54) is 0 Å². The minimum absolute atomic E-state index is 0.463. The molecule has 0 bridgehead atoms. The van der Waals surface area contributed by atoms with Crippen LogP contribution in [0, 0.1) is 6.92 Å². The van der Waals surface area contributed by atoms with Gasteiger partial charge in [-0.1, -0.05) is 12.1 Å². The highest BCUT2D eigenvalue weighted by atomic mass is 16.5. The monoisotopic (exact) mass is 214 g/mol. The summed E-state index contributed by atoms with van der Waals surface area (Å²) in [6, 6.07) is 11.4. The Morgan fingerprint density at radius 1 is 1.19 bits per heavy atom. The molecule has 82 valence electrons. The van der Waals surface area contributed by atoms with Crippen LogP contribution in [-0.2, 0) is 6.61 Å². The minimum atomic E-state index is 0.463. The Morgan fingerprint density at radius 3 is 2.81 bits per heavy atom. The molecule has 1 heterocycles. The van der Waals surface area contributed by atoms with Crippen molar-refractivity contribution < 1.29 is 4.74 Å². The molecule has 2 N–H and O–H groups in total. The maximum Gasteiger partial charge on any atom is 0.130 e. The average Bonchev–Trinajstić information content (AvgIpc) is 2.32. The molecule has 16 heavy (non-hydrogen) atoms. The highest BCUT2D eigenvalue weighted by molar-refractivity contribution is 5.53.